The zero-order valence-electron chi connectivity index (χ0n) is 9.20. The topological polar surface area (TPSA) is 64.6 Å². The Morgan fingerprint density at radius 3 is 2.47 bits per heavy atom. The van der Waals surface area contributed by atoms with Gasteiger partial charge in [0.1, 0.15) is 13.2 Å². The van der Waals surface area contributed by atoms with Crippen LogP contribution >= 0.6 is 11.6 Å². The Hall–Kier alpha value is -1.14. The average molecular weight is 278 g/mol. The maximum atomic E-state index is 11.4. The second-order valence-corrected chi connectivity index (χ2v) is 5.90. The van der Waals surface area contributed by atoms with Gasteiger partial charge in [0.25, 0.3) is 0 Å². The van der Waals surface area contributed by atoms with Crippen molar-refractivity contribution in [2.45, 2.75) is 6.92 Å². The van der Waals surface area contributed by atoms with Crippen molar-refractivity contribution >= 4 is 27.3 Å². The summed E-state index contributed by atoms with van der Waals surface area (Å²) in [6.07, 6.45) is 0. The standard InChI is InChI=1S/C10H12ClNO4S/c1-2-17(13,14)12-8-6-10-9(5-7(8)11)15-3-4-16-10/h5-6,12H,2-4H2,1H3. The smallest absolute Gasteiger partial charge is 0.232 e. The van der Waals surface area contributed by atoms with Crippen LogP contribution in [0.2, 0.25) is 5.02 Å². The fraction of sp³-hybridized carbons (Fsp3) is 0.400. The molecule has 1 heterocycles. The van der Waals surface area contributed by atoms with Gasteiger partial charge in [-0.15, -0.1) is 0 Å². The zero-order valence-corrected chi connectivity index (χ0v) is 10.8. The van der Waals surface area contributed by atoms with Crippen molar-refractivity contribution in [1.82, 2.24) is 0 Å². The van der Waals surface area contributed by atoms with Crippen LogP contribution in [0.3, 0.4) is 0 Å². The molecule has 0 aromatic heterocycles. The summed E-state index contributed by atoms with van der Waals surface area (Å²) in [5, 5.41) is 0.284. The van der Waals surface area contributed by atoms with Gasteiger partial charge >= 0.3 is 0 Å². The lowest BCUT2D eigenvalue weighted by molar-refractivity contribution is 0.171. The number of ether oxygens (including phenoxy) is 2. The van der Waals surface area contributed by atoms with Gasteiger partial charge in [-0.2, -0.15) is 0 Å². The summed E-state index contributed by atoms with van der Waals surface area (Å²) in [4.78, 5) is 0. The first kappa shape index (κ1) is 12.3. The van der Waals surface area contributed by atoms with Crippen LogP contribution in [-0.2, 0) is 10.0 Å². The highest BCUT2D eigenvalue weighted by atomic mass is 35.5. The minimum atomic E-state index is -3.35. The number of hydrogen-bond donors (Lipinski definition) is 1. The van der Waals surface area contributed by atoms with E-state index in [-0.39, 0.29) is 10.8 Å². The van der Waals surface area contributed by atoms with Gasteiger partial charge in [-0.05, 0) is 6.92 Å². The van der Waals surface area contributed by atoms with E-state index in [2.05, 4.69) is 4.72 Å². The number of sulfonamides is 1. The molecule has 1 aliphatic rings. The largest absolute Gasteiger partial charge is 0.486 e. The predicted octanol–water partition coefficient (Wildman–Crippen LogP) is 1.87. The third-order valence-electron chi connectivity index (χ3n) is 2.28. The molecule has 0 saturated carbocycles. The highest BCUT2D eigenvalue weighted by Gasteiger charge is 2.17. The summed E-state index contributed by atoms with van der Waals surface area (Å²) in [6.45, 7) is 2.45. The zero-order chi connectivity index (χ0) is 12.5. The molecule has 1 aromatic carbocycles. The maximum absolute atomic E-state index is 11.4. The lowest BCUT2D eigenvalue weighted by Gasteiger charge is -2.20. The van der Waals surface area contributed by atoms with Crippen molar-refractivity contribution in [3.05, 3.63) is 17.2 Å². The van der Waals surface area contributed by atoms with E-state index in [4.69, 9.17) is 21.1 Å². The third-order valence-corrected chi connectivity index (χ3v) is 3.88. The summed E-state index contributed by atoms with van der Waals surface area (Å²) in [5.74, 6) is 1.01. The first-order chi connectivity index (χ1) is 8.02. The molecule has 0 amide bonds. The van der Waals surface area contributed by atoms with E-state index >= 15 is 0 Å². The molecule has 0 aliphatic carbocycles. The van der Waals surface area contributed by atoms with Gasteiger partial charge in [0, 0.05) is 12.1 Å². The molecule has 1 aromatic rings. The first-order valence-electron chi connectivity index (χ1n) is 5.11. The van der Waals surface area contributed by atoms with Crippen molar-refractivity contribution in [3.8, 4) is 11.5 Å². The van der Waals surface area contributed by atoms with Gasteiger partial charge in [-0.3, -0.25) is 4.72 Å². The molecule has 0 unspecified atom stereocenters. The number of anilines is 1. The van der Waals surface area contributed by atoms with Gasteiger partial charge in [0.15, 0.2) is 11.5 Å². The van der Waals surface area contributed by atoms with Crippen LogP contribution in [0.25, 0.3) is 0 Å². The number of fused-ring (bicyclic) bond motifs is 1. The molecule has 0 spiro atoms. The van der Waals surface area contributed by atoms with Crippen LogP contribution in [0.5, 0.6) is 11.5 Å². The Labute approximate surface area is 105 Å². The number of halogens is 1. The van der Waals surface area contributed by atoms with Crippen molar-refractivity contribution in [2.24, 2.45) is 0 Å². The van der Waals surface area contributed by atoms with Gasteiger partial charge in [0.2, 0.25) is 10.0 Å². The van der Waals surface area contributed by atoms with E-state index in [1.165, 1.54) is 6.07 Å². The Morgan fingerprint density at radius 2 is 1.88 bits per heavy atom. The minimum Gasteiger partial charge on any atom is -0.486 e. The normalized spacial score (nSPS) is 14.5. The van der Waals surface area contributed by atoms with E-state index in [9.17, 15) is 8.42 Å². The lowest BCUT2D eigenvalue weighted by atomic mass is 10.2. The minimum absolute atomic E-state index is 0.0161. The van der Waals surface area contributed by atoms with E-state index in [0.717, 1.165) is 0 Å². The summed E-state index contributed by atoms with van der Waals surface area (Å²) < 4.78 is 36.0. The van der Waals surface area contributed by atoms with Crippen LogP contribution in [0.15, 0.2) is 12.1 Å². The molecule has 94 valence electrons. The van der Waals surface area contributed by atoms with E-state index in [0.29, 0.717) is 30.4 Å². The molecule has 0 bridgehead atoms. The van der Waals surface area contributed by atoms with Crippen molar-refractivity contribution in [1.29, 1.82) is 0 Å². The van der Waals surface area contributed by atoms with Crippen molar-refractivity contribution < 1.29 is 17.9 Å². The van der Waals surface area contributed by atoms with Crippen LogP contribution in [-0.4, -0.2) is 27.4 Å². The Morgan fingerprint density at radius 1 is 1.29 bits per heavy atom. The fourth-order valence-electron chi connectivity index (χ4n) is 1.38. The number of benzene rings is 1. The molecule has 0 radical (unpaired) electrons. The molecule has 7 heteroatoms. The lowest BCUT2D eigenvalue weighted by Crippen LogP contribution is -2.17. The molecule has 1 N–H and O–H groups in total. The SMILES string of the molecule is CCS(=O)(=O)Nc1cc2c(cc1Cl)OCCO2. The molecule has 2 rings (SSSR count). The first-order valence-corrected chi connectivity index (χ1v) is 7.14. The van der Waals surface area contributed by atoms with Crippen LogP contribution in [0.1, 0.15) is 6.92 Å². The summed E-state index contributed by atoms with van der Waals surface area (Å²) in [6, 6.07) is 3.08. The van der Waals surface area contributed by atoms with Crippen LogP contribution in [0, 0.1) is 0 Å². The average Bonchev–Trinajstić information content (AvgIpc) is 2.30. The molecular formula is C10H12ClNO4S. The molecule has 0 atom stereocenters. The number of rotatable bonds is 3. The third kappa shape index (κ3) is 2.76. The van der Waals surface area contributed by atoms with Crippen LogP contribution < -0.4 is 14.2 Å². The Bertz CT molecular complexity index is 529. The maximum Gasteiger partial charge on any atom is 0.232 e. The van der Waals surface area contributed by atoms with Gasteiger partial charge in [-0.1, -0.05) is 11.6 Å². The summed E-state index contributed by atoms with van der Waals surface area (Å²) in [7, 11) is -3.35. The van der Waals surface area contributed by atoms with E-state index in [1.54, 1.807) is 13.0 Å². The molecule has 17 heavy (non-hydrogen) atoms. The highest BCUT2D eigenvalue weighted by Crippen LogP contribution is 2.38. The second-order valence-electron chi connectivity index (χ2n) is 3.48. The van der Waals surface area contributed by atoms with Crippen molar-refractivity contribution in [2.75, 3.05) is 23.7 Å². The molecule has 5 nitrogen and oxygen atoms in total. The van der Waals surface area contributed by atoms with Gasteiger partial charge in [-0.25, -0.2) is 8.42 Å². The fourth-order valence-corrected chi connectivity index (χ4v) is 2.29. The molecule has 1 aliphatic heterocycles. The van der Waals surface area contributed by atoms with Crippen LogP contribution in [0.4, 0.5) is 5.69 Å². The Kier molecular flexibility index (Phi) is 3.35. The molecule has 0 saturated heterocycles. The summed E-state index contributed by atoms with van der Waals surface area (Å²) >= 11 is 5.96. The van der Waals surface area contributed by atoms with Gasteiger partial charge < -0.3 is 9.47 Å². The monoisotopic (exact) mass is 277 g/mol. The van der Waals surface area contributed by atoms with Gasteiger partial charge in [0.05, 0.1) is 16.5 Å². The number of hydrogen-bond acceptors (Lipinski definition) is 4. The predicted molar refractivity (Wildman–Crippen MR) is 65.5 cm³/mol. The Balaban J connectivity index is 2.35. The molecular weight excluding hydrogens is 266 g/mol. The molecule has 0 fully saturated rings. The quantitative estimate of drug-likeness (QED) is 0.916. The van der Waals surface area contributed by atoms with E-state index in [1.807, 2.05) is 0 Å². The number of nitrogens with one attached hydrogen (secondary N) is 1. The summed E-state index contributed by atoms with van der Waals surface area (Å²) in [5.41, 5.74) is 0.303. The van der Waals surface area contributed by atoms with E-state index < -0.39 is 10.0 Å². The van der Waals surface area contributed by atoms with Crippen molar-refractivity contribution in [3.63, 3.8) is 0 Å². The second kappa shape index (κ2) is 4.62. The highest BCUT2D eigenvalue weighted by molar-refractivity contribution is 7.92.